The maximum atomic E-state index is 12.0. The molecule has 0 radical (unpaired) electrons. The normalized spacial score (nSPS) is 31.9. The number of hydrogen-bond acceptors (Lipinski definition) is 2. The van der Waals surface area contributed by atoms with Crippen LogP contribution in [0, 0.1) is 11.8 Å². The van der Waals surface area contributed by atoms with Crippen LogP contribution in [0.5, 0.6) is 0 Å². The van der Waals surface area contributed by atoms with Crippen molar-refractivity contribution < 1.29 is 9.53 Å². The summed E-state index contributed by atoms with van der Waals surface area (Å²) in [7, 11) is 0. The summed E-state index contributed by atoms with van der Waals surface area (Å²) in [5.74, 6) is 0.887. The largest absolute Gasteiger partial charge is 0.459 e. The van der Waals surface area contributed by atoms with Crippen molar-refractivity contribution in [1.29, 1.82) is 0 Å². The highest BCUT2D eigenvalue weighted by Crippen LogP contribution is 2.35. The second-order valence-electron chi connectivity index (χ2n) is 5.26. The molecule has 0 amide bonds. The average molecular weight is 311 g/mol. The molecule has 18 heavy (non-hydrogen) atoms. The predicted molar refractivity (Wildman–Crippen MR) is 75.9 cm³/mol. The average Bonchev–Trinajstić information content (AvgIpc) is 2.37. The molecule has 1 aliphatic carbocycles. The number of carbonyl (C=O) groups is 1. The van der Waals surface area contributed by atoms with Crippen molar-refractivity contribution >= 4 is 21.9 Å². The number of rotatable bonds is 2. The Kier molecular flexibility index (Phi) is 4.44. The smallest absolute Gasteiger partial charge is 0.338 e. The third-order valence-electron chi connectivity index (χ3n) is 3.64. The fourth-order valence-corrected chi connectivity index (χ4v) is 3.07. The topological polar surface area (TPSA) is 26.3 Å². The van der Waals surface area contributed by atoms with E-state index in [1.165, 1.54) is 0 Å². The van der Waals surface area contributed by atoms with Crippen molar-refractivity contribution in [2.75, 3.05) is 0 Å². The summed E-state index contributed by atoms with van der Waals surface area (Å²) in [5, 5.41) is 0. The van der Waals surface area contributed by atoms with Crippen LogP contribution in [-0.4, -0.2) is 16.9 Å². The third-order valence-corrected chi connectivity index (χ3v) is 5.44. The number of hydrogen-bond donors (Lipinski definition) is 0. The molecule has 0 aromatic heterocycles. The Bertz CT molecular complexity index is 392. The van der Waals surface area contributed by atoms with Gasteiger partial charge in [0.05, 0.1) is 5.56 Å². The summed E-state index contributed by atoms with van der Waals surface area (Å²) in [4.78, 5) is 12.5. The highest BCUT2D eigenvalue weighted by molar-refractivity contribution is 9.09. The maximum absolute atomic E-state index is 12.0. The molecule has 1 saturated carbocycles. The van der Waals surface area contributed by atoms with Crippen molar-refractivity contribution in [2.24, 2.45) is 11.8 Å². The van der Waals surface area contributed by atoms with Gasteiger partial charge in [-0.25, -0.2) is 4.79 Å². The van der Waals surface area contributed by atoms with E-state index in [0.29, 0.717) is 22.2 Å². The molecule has 3 heteroatoms. The van der Waals surface area contributed by atoms with E-state index in [-0.39, 0.29) is 12.1 Å². The molecular weight excluding hydrogens is 292 g/mol. The van der Waals surface area contributed by atoms with Crippen LogP contribution in [0.15, 0.2) is 30.3 Å². The molecule has 1 aromatic rings. The third kappa shape index (κ3) is 3.14. The van der Waals surface area contributed by atoms with Gasteiger partial charge in [-0.1, -0.05) is 48.0 Å². The van der Waals surface area contributed by atoms with Gasteiger partial charge in [0.25, 0.3) is 0 Å². The number of alkyl halides is 1. The van der Waals surface area contributed by atoms with Gasteiger partial charge < -0.3 is 4.74 Å². The van der Waals surface area contributed by atoms with Crippen LogP contribution in [0.1, 0.15) is 37.0 Å². The summed E-state index contributed by atoms with van der Waals surface area (Å²) in [5.41, 5.74) is 0.638. The van der Waals surface area contributed by atoms with Gasteiger partial charge in [-0.2, -0.15) is 0 Å². The Hall–Kier alpha value is -0.830. The summed E-state index contributed by atoms with van der Waals surface area (Å²) in [6.45, 7) is 4.41. The van der Waals surface area contributed by atoms with E-state index in [2.05, 4.69) is 29.8 Å². The molecule has 0 spiro atoms. The van der Waals surface area contributed by atoms with Crippen LogP contribution < -0.4 is 0 Å². The Labute approximate surface area is 117 Å². The standard InChI is InChI=1S/C15H19BrO2/c1-10-8-13(9-11(2)14(10)16)18-15(17)12-6-4-3-5-7-12/h3-7,10-11,13-14H,8-9H2,1-2H3. The van der Waals surface area contributed by atoms with E-state index < -0.39 is 0 Å². The fraction of sp³-hybridized carbons (Fsp3) is 0.533. The molecule has 0 saturated heterocycles. The monoisotopic (exact) mass is 310 g/mol. The van der Waals surface area contributed by atoms with E-state index in [1.807, 2.05) is 18.2 Å². The number of benzene rings is 1. The van der Waals surface area contributed by atoms with E-state index in [1.54, 1.807) is 12.1 Å². The zero-order valence-electron chi connectivity index (χ0n) is 10.8. The number of carbonyl (C=O) groups excluding carboxylic acids is 1. The van der Waals surface area contributed by atoms with Crippen molar-refractivity contribution in [3.05, 3.63) is 35.9 Å². The highest BCUT2D eigenvalue weighted by atomic mass is 79.9. The van der Waals surface area contributed by atoms with Crippen LogP contribution in [0.3, 0.4) is 0 Å². The van der Waals surface area contributed by atoms with Gasteiger partial charge in [0.1, 0.15) is 6.10 Å². The molecular formula is C15H19BrO2. The van der Waals surface area contributed by atoms with Crippen molar-refractivity contribution in [2.45, 2.75) is 37.6 Å². The first kappa shape index (κ1) is 13.6. The van der Waals surface area contributed by atoms with E-state index in [0.717, 1.165) is 12.8 Å². The minimum Gasteiger partial charge on any atom is -0.459 e. The van der Waals surface area contributed by atoms with Crippen molar-refractivity contribution in [1.82, 2.24) is 0 Å². The van der Waals surface area contributed by atoms with Gasteiger partial charge in [0.2, 0.25) is 0 Å². The van der Waals surface area contributed by atoms with Crippen LogP contribution in [0.25, 0.3) is 0 Å². The van der Waals surface area contributed by atoms with Gasteiger partial charge >= 0.3 is 5.97 Å². The zero-order chi connectivity index (χ0) is 13.1. The fourth-order valence-electron chi connectivity index (χ4n) is 2.64. The molecule has 0 aliphatic heterocycles. The van der Waals surface area contributed by atoms with E-state index in [9.17, 15) is 4.79 Å². The van der Waals surface area contributed by atoms with Gasteiger partial charge in [-0.05, 0) is 36.8 Å². The van der Waals surface area contributed by atoms with Crippen molar-refractivity contribution in [3.63, 3.8) is 0 Å². The lowest BCUT2D eigenvalue weighted by Gasteiger charge is -2.35. The zero-order valence-corrected chi connectivity index (χ0v) is 12.4. The first-order valence-corrected chi connectivity index (χ1v) is 7.39. The van der Waals surface area contributed by atoms with Crippen LogP contribution in [0.2, 0.25) is 0 Å². The molecule has 2 nitrogen and oxygen atoms in total. The van der Waals surface area contributed by atoms with Crippen LogP contribution in [-0.2, 0) is 4.74 Å². The molecule has 0 bridgehead atoms. The minimum atomic E-state index is -0.201. The molecule has 2 atom stereocenters. The summed E-state index contributed by atoms with van der Waals surface area (Å²) in [6.07, 6.45) is 1.94. The van der Waals surface area contributed by atoms with E-state index >= 15 is 0 Å². The molecule has 0 N–H and O–H groups in total. The van der Waals surface area contributed by atoms with Crippen LogP contribution >= 0.6 is 15.9 Å². The molecule has 2 unspecified atom stereocenters. The Balaban J connectivity index is 1.96. The van der Waals surface area contributed by atoms with Crippen LogP contribution in [0.4, 0.5) is 0 Å². The Morgan fingerprint density at radius 1 is 1.17 bits per heavy atom. The summed E-state index contributed by atoms with van der Waals surface area (Å²) < 4.78 is 5.61. The molecule has 98 valence electrons. The predicted octanol–water partition coefficient (Wildman–Crippen LogP) is 4.04. The SMILES string of the molecule is CC1CC(OC(=O)c2ccccc2)CC(C)C1Br. The minimum absolute atomic E-state index is 0.0523. The quantitative estimate of drug-likeness (QED) is 0.608. The summed E-state index contributed by atoms with van der Waals surface area (Å²) in [6, 6.07) is 9.21. The Morgan fingerprint density at radius 2 is 1.72 bits per heavy atom. The molecule has 1 aromatic carbocycles. The van der Waals surface area contributed by atoms with Gasteiger partial charge in [0.15, 0.2) is 0 Å². The van der Waals surface area contributed by atoms with Gasteiger partial charge in [-0.15, -0.1) is 0 Å². The number of ether oxygens (including phenoxy) is 1. The molecule has 1 aliphatic rings. The number of esters is 1. The Morgan fingerprint density at radius 3 is 2.28 bits per heavy atom. The van der Waals surface area contributed by atoms with E-state index in [4.69, 9.17) is 4.74 Å². The number of halogens is 1. The highest BCUT2D eigenvalue weighted by Gasteiger charge is 2.33. The lowest BCUT2D eigenvalue weighted by molar-refractivity contribution is 0.00963. The second kappa shape index (κ2) is 5.87. The lowest BCUT2D eigenvalue weighted by Crippen LogP contribution is -2.35. The lowest BCUT2D eigenvalue weighted by atomic mass is 9.81. The molecule has 0 heterocycles. The second-order valence-corrected chi connectivity index (χ2v) is 6.32. The molecule has 2 rings (SSSR count). The maximum Gasteiger partial charge on any atom is 0.338 e. The van der Waals surface area contributed by atoms with Crippen molar-refractivity contribution in [3.8, 4) is 0 Å². The first-order valence-electron chi connectivity index (χ1n) is 6.48. The molecule has 1 fully saturated rings. The first-order chi connectivity index (χ1) is 8.58. The van der Waals surface area contributed by atoms with Gasteiger partial charge in [-0.3, -0.25) is 0 Å². The summed E-state index contributed by atoms with van der Waals surface area (Å²) >= 11 is 3.72. The van der Waals surface area contributed by atoms with Gasteiger partial charge in [0, 0.05) is 4.83 Å².